The smallest absolute Gasteiger partial charge is 0.325 e. The zero-order valence-corrected chi connectivity index (χ0v) is 13.8. The van der Waals surface area contributed by atoms with E-state index >= 15 is 0 Å². The molecule has 0 amide bonds. The Balaban J connectivity index is 2.41. The molecule has 2 N–H and O–H groups in total. The molecule has 0 spiro atoms. The first kappa shape index (κ1) is 17.4. The number of carbonyl (C=O) groups excluding carboxylic acids is 1. The van der Waals surface area contributed by atoms with Crippen LogP contribution in [0.2, 0.25) is 0 Å². The van der Waals surface area contributed by atoms with Crippen molar-refractivity contribution < 1.29 is 9.53 Å². The van der Waals surface area contributed by atoms with Gasteiger partial charge in [-0.1, -0.05) is 13.8 Å². The van der Waals surface area contributed by atoms with E-state index in [-0.39, 0.29) is 5.97 Å². The van der Waals surface area contributed by atoms with Crippen molar-refractivity contribution in [2.24, 2.45) is 17.6 Å². The zero-order chi connectivity index (χ0) is 15.3. The molecule has 118 valence electrons. The molecule has 4 nitrogen and oxygen atoms in total. The first-order chi connectivity index (χ1) is 9.27. The van der Waals surface area contributed by atoms with Gasteiger partial charge in [0.25, 0.3) is 0 Å². The van der Waals surface area contributed by atoms with Crippen molar-refractivity contribution in [3.8, 4) is 0 Å². The first-order valence-electron chi connectivity index (χ1n) is 7.98. The highest BCUT2D eigenvalue weighted by atomic mass is 16.5. The molecular weight excluding hydrogens is 252 g/mol. The monoisotopic (exact) mass is 284 g/mol. The maximum Gasteiger partial charge on any atom is 0.325 e. The molecule has 4 unspecified atom stereocenters. The lowest BCUT2D eigenvalue weighted by molar-refractivity contribution is -0.149. The topological polar surface area (TPSA) is 55.6 Å². The molecule has 0 aromatic carbocycles. The van der Waals surface area contributed by atoms with Crippen LogP contribution in [0.4, 0.5) is 0 Å². The summed E-state index contributed by atoms with van der Waals surface area (Å²) in [5, 5.41) is 0. The number of hydrogen-bond acceptors (Lipinski definition) is 4. The number of esters is 1. The van der Waals surface area contributed by atoms with Crippen molar-refractivity contribution in [1.82, 2.24) is 4.90 Å². The lowest BCUT2D eigenvalue weighted by Crippen LogP contribution is -2.48. The van der Waals surface area contributed by atoms with Gasteiger partial charge in [-0.3, -0.25) is 4.79 Å². The third kappa shape index (κ3) is 4.74. The van der Waals surface area contributed by atoms with E-state index in [0.29, 0.717) is 19.1 Å². The van der Waals surface area contributed by atoms with Crippen LogP contribution in [0.1, 0.15) is 53.9 Å². The van der Waals surface area contributed by atoms with Crippen LogP contribution in [0.25, 0.3) is 0 Å². The van der Waals surface area contributed by atoms with Gasteiger partial charge in [-0.15, -0.1) is 0 Å². The summed E-state index contributed by atoms with van der Waals surface area (Å²) in [7, 11) is 0. The minimum absolute atomic E-state index is 0.284. The van der Waals surface area contributed by atoms with Gasteiger partial charge in [-0.05, 0) is 58.4 Å². The van der Waals surface area contributed by atoms with Gasteiger partial charge in [-0.25, -0.2) is 0 Å². The molecule has 1 rings (SSSR count). The van der Waals surface area contributed by atoms with Gasteiger partial charge in [0.1, 0.15) is 5.54 Å². The first-order valence-corrected chi connectivity index (χ1v) is 7.98. The fourth-order valence-corrected chi connectivity index (χ4v) is 3.17. The van der Waals surface area contributed by atoms with Crippen LogP contribution >= 0.6 is 0 Å². The summed E-state index contributed by atoms with van der Waals surface area (Å²) >= 11 is 0. The van der Waals surface area contributed by atoms with E-state index in [1.54, 1.807) is 6.92 Å². The van der Waals surface area contributed by atoms with Crippen LogP contribution in [0.3, 0.4) is 0 Å². The number of hydrogen-bond donors (Lipinski definition) is 1. The minimum Gasteiger partial charge on any atom is -0.465 e. The highest BCUT2D eigenvalue weighted by molar-refractivity contribution is 5.79. The summed E-state index contributed by atoms with van der Waals surface area (Å²) in [5.41, 5.74) is 5.20. The van der Waals surface area contributed by atoms with Gasteiger partial charge in [0, 0.05) is 12.6 Å². The summed E-state index contributed by atoms with van der Waals surface area (Å²) in [6.07, 6.45) is 2.93. The Labute approximate surface area is 124 Å². The van der Waals surface area contributed by atoms with Gasteiger partial charge in [0.15, 0.2) is 0 Å². The Hall–Kier alpha value is -0.610. The summed E-state index contributed by atoms with van der Waals surface area (Å²) in [6, 6.07) is 0.623. The Morgan fingerprint density at radius 3 is 2.65 bits per heavy atom. The van der Waals surface area contributed by atoms with Crippen molar-refractivity contribution in [2.45, 2.75) is 65.5 Å². The molecule has 0 saturated carbocycles. The highest BCUT2D eigenvalue weighted by Crippen LogP contribution is 2.27. The van der Waals surface area contributed by atoms with Crippen molar-refractivity contribution >= 4 is 5.97 Å². The van der Waals surface area contributed by atoms with Crippen LogP contribution in [-0.4, -0.2) is 42.1 Å². The van der Waals surface area contributed by atoms with Crippen molar-refractivity contribution in [3.05, 3.63) is 0 Å². The van der Waals surface area contributed by atoms with Gasteiger partial charge < -0.3 is 15.4 Å². The normalized spacial score (nSPS) is 30.8. The van der Waals surface area contributed by atoms with E-state index in [1.807, 2.05) is 6.92 Å². The summed E-state index contributed by atoms with van der Waals surface area (Å²) in [6.45, 7) is 13.1. The van der Waals surface area contributed by atoms with Crippen molar-refractivity contribution in [2.75, 3.05) is 19.7 Å². The van der Waals surface area contributed by atoms with Gasteiger partial charge in [0.05, 0.1) is 6.61 Å². The van der Waals surface area contributed by atoms with E-state index in [2.05, 4.69) is 25.7 Å². The molecule has 1 aliphatic heterocycles. The Morgan fingerprint density at radius 2 is 2.05 bits per heavy atom. The molecule has 1 heterocycles. The molecule has 20 heavy (non-hydrogen) atoms. The second kappa shape index (κ2) is 7.41. The van der Waals surface area contributed by atoms with E-state index in [1.165, 1.54) is 6.42 Å². The van der Waals surface area contributed by atoms with E-state index in [9.17, 15) is 4.79 Å². The summed E-state index contributed by atoms with van der Waals surface area (Å²) in [5.74, 6) is 1.22. The predicted molar refractivity (Wildman–Crippen MR) is 82.4 cm³/mol. The van der Waals surface area contributed by atoms with Gasteiger partial charge in [0.2, 0.25) is 0 Å². The van der Waals surface area contributed by atoms with Crippen LogP contribution in [0, 0.1) is 11.8 Å². The number of nitrogens with zero attached hydrogens (tertiary/aromatic N) is 1. The number of rotatable bonds is 6. The van der Waals surface area contributed by atoms with E-state index < -0.39 is 5.54 Å². The molecule has 0 radical (unpaired) electrons. The average molecular weight is 284 g/mol. The molecule has 1 saturated heterocycles. The number of ether oxygens (including phenoxy) is 1. The molecule has 4 atom stereocenters. The second-order valence-electron chi connectivity index (χ2n) is 6.80. The van der Waals surface area contributed by atoms with E-state index in [0.717, 1.165) is 31.3 Å². The summed E-state index contributed by atoms with van der Waals surface area (Å²) < 4.78 is 5.03. The largest absolute Gasteiger partial charge is 0.465 e. The molecule has 4 heteroatoms. The van der Waals surface area contributed by atoms with Crippen molar-refractivity contribution in [1.29, 1.82) is 0 Å². The molecule has 0 aliphatic carbocycles. The summed E-state index contributed by atoms with van der Waals surface area (Å²) in [4.78, 5) is 14.3. The number of piperidine rings is 1. The minimum atomic E-state index is -0.855. The fourth-order valence-electron chi connectivity index (χ4n) is 3.17. The van der Waals surface area contributed by atoms with Crippen LogP contribution in [0.5, 0.6) is 0 Å². The quantitative estimate of drug-likeness (QED) is 0.761. The molecule has 1 aliphatic rings. The van der Waals surface area contributed by atoms with Gasteiger partial charge >= 0.3 is 5.97 Å². The van der Waals surface area contributed by atoms with Gasteiger partial charge in [-0.2, -0.15) is 0 Å². The molecule has 0 aromatic rings. The predicted octanol–water partition coefficient (Wildman–Crippen LogP) is 2.41. The Kier molecular flexibility index (Phi) is 6.46. The number of carbonyl (C=O) groups is 1. The fraction of sp³-hybridized carbons (Fsp3) is 0.938. The lowest BCUT2D eigenvalue weighted by atomic mass is 9.85. The van der Waals surface area contributed by atoms with Crippen molar-refractivity contribution in [3.63, 3.8) is 0 Å². The molecular formula is C16H32N2O2. The standard InChI is InChI=1S/C16H32N2O2/c1-6-20-15(19)16(5,17)8-7-9-18-11-12(2)10-13(3)14(18)4/h12-14H,6-11,17H2,1-5H3. The molecule has 1 fully saturated rings. The maximum absolute atomic E-state index is 11.8. The molecule has 0 aromatic heterocycles. The average Bonchev–Trinajstić information content (AvgIpc) is 2.35. The third-order valence-electron chi connectivity index (χ3n) is 4.60. The number of nitrogens with two attached hydrogens (primary N) is 1. The highest BCUT2D eigenvalue weighted by Gasteiger charge is 2.31. The zero-order valence-electron chi connectivity index (χ0n) is 13.8. The Bertz CT molecular complexity index is 318. The lowest BCUT2D eigenvalue weighted by Gasteiger charge is -2.41. The van der Waals surface area contributed by atoms with Crippen LogP contribution in [-0.2, 0) is 9.53 Å². The maximum atomic E-state index is 11.8. The molecule has 0 bridgehead atoms. The second-order valence-corrected chi connectivity index (χ2v) is 6.80. The van der Waals surface area contributed by atoms with Crippen LogP contribution < -0.4 is 5.73 Å². The van der Waals surface area contributed by atoms with E-state index in [4.69, 9.17) is 10.5 Å². The Morgan fingerprint density at radius 1 is 1.40 bits per heavy atom. The van der Waals surface area contributed by atoms with Crippen LogP contribution in [0.15, 0.2) is 0 Å². The third-order valence-corrected chi connectivity index (χ3v) is 4.60. The SMILES string of the molecule is CCOC(=O)C(C)(N)CCCN1CC(C)CC(C)C1C. The number of likely N-dealkylation sites (tertiary alicyclic amines) is 1.